The van der Waals surface area contributed by atoms with Crippen LogP contribution in [0.25, 0.3) is 0 Å². The Labute approximate surface area is 103 Å². The Bertz CT molecular complexity index is 366. The van der Waals surface area contributed by atoms with Crippen molar-refractivity contribution in [2.24, 2.45) is 5.92 Å². The van der Waals surface area contributed by atoms with Gasteiger partial charge in [-0.05, 0) is 61.4 Å². The van der Waals surface area contributed by atoms with Gasteiger partial charge in [0.1, 0.15) is 5.82 Å². The van der Waals surface area contributed by atoms with Crippen LogP contribution in [0.15, 0.2) is 18.2 Å². The summed E-state index contributed by atoms with van der Waals surface area (Å²) in [7, 11) is 0. The molecule has 1 saturated carbocycles. The Hall–Kier alpha value is -0.890. The van der Waals surface area contributed by atoms with Crippen LogP contribution >= 0.6 is 0 Å². The van der Waals surface area contributed by atoms with Crippen LogP contribution in [0.3, 0.4) is 0 Å². The molecule has 2 unspecified atom stereocenters. The molecule has 0 amide bonds. The summed E-state index contributed by atoms with van der Waals surface area (Å²) in [6.45, 7) is 7.35. The molecule has 1 fully saturated rings. The van der Waals surface area contributed by atoms with Gasteiger partial charge in [0.05, 0.1) is 0 Å². The van der Waals surface area contributed by atoms with E-state index in [-0.39, 0.29) is 5.82 Å². The number of halogens is 1. The summed E-state index contributed by atoms with van der Waals surface area (Å²) in [5.41, 5.74) is 2.21. The van der Waals surface area contributed by atoms with Crippen LogP contribution in [0.5, 0.6) is 0 Å². The van der Waals surface area contributed by atoms with Crippen LogP contribution in [0.4, 0.5) is 4.39 Å². The Morgan fingerprint density at radius 2 is 2.06 bits per heavy atom. The summed E-state index contributed by atoms with van der Waals surface area (Å²) in [4.78, 5) is 0. The first-order chi connectivity index (χ1) is 8.06. The highest BCUT2D eigenvalue weighted by Crippen LogP contribution is 2.42. The van der Waals surface area contributed by atoms with E-state index >= 15 is 0 Å². The summed E-state index contributed by atoms with van der Waals surface area (Å²) in [5, 5.41) is 3.48. The maximum Gasteiger partial charge on any atom is 0.123 e. The predicted molar refractivity (Wildman–Crippen MR) is 69.7 cm³/mol. The van der Waals surface area contributed by atoms with Crippen molar-refractivity contribution in [2.45, 2.75) is 45.6 Å². The van der Waals surface area contributed by atoms with Gasteiger partial charge in [0.25, 0.3) is 0 Å². The van der Waals surface area contributed by atoms with Gasteiger partial charge >= 0.3 is 0 Å². The van der Waals surface area contributed by atoms with E-state index in [0.29, 0.717) is 17.9 Å². The van der Waals surface area contributed by atoms with Gasteiger partial charge in [-0.25, -0.2) is 4.39 Å². The first kappa shape index (κ1) is 12.6. The van der Waals surface area contributed by atoms with E-state index in [9.17, 15) is 4.39 Å². The minimum absolute atomic E-state index is 0.0949. The second-order valence-electron chi connectivity index (χ2n) is 5.57. The second-order valence-corrected chi connectivity index (χ2v) is 5.57. The minimum Gasteiger partial charge on any atom is -0.314 e. The SMILES string of the molecule is Cc1cc(F)cc(C2CCC2CNC(C)C)c1. The van der Waals surface area contributed by atoms with Crippen LogP contribution in [-0.2, 0) is 0 Å². The molecule has 0 aromatic heterocycles. The number of hydrogen-bond donors (Lipinski definition) is 1. The van der Waals surface area contributed by atoms with Crippen LogP contribution in [0.1, 0.15) is 43.7 Å². The number of nitrogens with one attached hydrogen (secondary N) is 1. The fraction of sp³-hybridized carbons (Fsp3) is 0.600. The van der Waals surface area contributed by atoms with Crippen molar-refractivity contribution in [1.29, 1.82) is 0 Å². The van der Waals surface area contributed by atoms with Crippen LogP contribution in [0, 0.1) is 18.7 Å². The van der Waals surface area contributed by atoms with Crippen molar-refractivity contribution < 1.29 is 4.39 Å². The van der Waals surface area contributed by atoms with Crippen molar-refractivity contribution in [3.05, 3.63) is 35.1 Å². The monoisotopic (exact) mass is 235 g/mol. The Balaban J connectivity index is 2.02. The third kappa shape index (κ3) is 3.06. The molecule has 0 aliphatic heterocycles. The van der Waals surface area contributed by atoms with E-state index in [0.717, 1.165) is 12.1 Å². The highest BCUT2D eigenvalue weighted by atomic mass is 19.1. The first-order valence-electron chi connectivity index (χ1n) is 6.56. The summed E-state index contributed by atoms with van der Waals surface area (Å²) in [5.74, 6) is 1.14. The lowest BCUT2D eigenvalue weighted by Crippen LogP contribution is -2.36. The van der Waals surface area contributed by atoms with E-state index in [2.05, 4.69) is 25.2 Å². The van der Waals surface area contributed by atoms with Gasteiger partial charge in [0.2, 0.25) is 0 Å². The quantitative estimate of drug-likeness (QED) is 0.840. The molecule has 1 aromatic carbocycles. The summed E-state index contributed by atoms with van der Waals surface area (Å²) >= 11 is 0. The highest BCUT2D eigenvalue weighted by molar-refractivity contribution is 5.28. The molecular weight excluding hydrogens is 213 g/mol. The molecule has 1 N–H and O–H groups in total. The van der Waals surface area contributed by atoms with E-state index in [1.807, 2.05) is 6.92 Å². The van der Waals surface area contributed by atoms with E-state index < -0.39 is 0 Å². The number of rotatable bonds is 4. The van der Waals surface area contributed by atoms with Gasteiger partial charge < -0.3 is 5.32 Å². The zero-order valence-electron chi connectivity index (χ0n) is 11.0. The lowest BCUT2D eigenvalue weighted by atomic mass is 9.69. The third-order valence-electron chi connectivity index (χ3n) is 3.70. The number of benzene rings is 1. The highest BCUT2D eigenvalue weighted by Gasteiger charge is 2.32. The fourth-order valence-electron chi connectivity index (χ4n) is 2.62. The van der Waals surface area contributed by atoms with Gasteiger partial charge in [-0.1, -0.05) is 19.9 Å². The molecule has 2 heteroatoms. The van der Waals surface area contributed by atoms with Crippen LogP contribution < -0.4 is 5.32 Å². The molecule has 94 valence electrons. The maximum absolute atomic E-state index is 13.4. The Morgan fingerprint density at radius 1 is 1.29 bits per heavy atom. The van der Waals surface area contributed by atoms with E-state index in [4.69, 9.17) is 0 Å². The van der Waals surface area contributed by atoms with Gasteiger partial charge in [-0.3, -0.25) is 0 Å². The van der Waals surface area contributed by atoms with Crippen LogP contribution in [-0.4, -0.2) is 12.6 Å². The average Bonchev–Trinajstić information content (AvgIpc) is 2.13. The predicted octanol–water partition coefficient (Wildman–Crippen LogP) is 3.63. The van der Waals surface area contributed by atoms with Gasteiger partial charge in [0, 0.05) is 6.04 Å². The maximum atomic E-state index is 13.4. The molecule has 0 heterocycles. The van der Waals surface area contributed by atoms with E-state index in [1.54, 1.807) is 12.1 Å². The summed E-state index contributed by atoms with van der Waals surface area (Å²) in [6, 6.07) is 5.98. The van der Waals surface area contributed by atoms with Crippen molar-refractivity contribution in [2.75, 3.05) is 6.54 Å². The smallest absolute Gasteiger partial charge is 0.123 e. The zero-order valence-corrected chi connectivity index (χ0v) is 11.0. The van der Waals surface area contributed by atoms with Crippen molar-refractivity contribution >= 4 is 0 Å². The average molecular weight is 235 g/mol. The molecule has 0 bridgehead atoms. The van der Waals surface area contributed by atoms with Gasteiger partial charge in [0.15, 0.2) is 0 Å². The standard InChI is InChI=1S/C15H22FN/c1-10(2)17-9-12-4-5-15(12)13-6-11(3)7-14(16)8-13/h6-8,10,12,15,17H,4-5,9H2,1-3H3. The molecule has 0 saturated heterocycles. The lowest BCUT2D eigenvalue weighted by Gasteiger charge is -2.38. The lowest BCUT2D eigenvalue weighted by molar-refractivity contribution is 0.240. The summed E-state index contributed by atoms with van der Waals surface area (Å²) < 4.78 is 13.4. The molecule has 2 rings (SSSR count). The number of aryl methyl sites for hydroxylation is 1. The molecule has 1 nitrogen and oxygen atoms in total. The number of hydrogen-bond acceptors (Lipinski definition) is 1. The molecule has 0 spiro atoms. The largest absolute Gasteiger partial charge is 0.314 e. The fourth-order valence-corrected chi connectivity index (χ4v) is 2.62. The van der Waals surface area contributed by atoms with E-state index in [1.165, 1.54) is 18.4 Å². The molecular formula is C15H22FN. The van der Waals surface area contributed by atoms with Crippen LogP contribution in [0.2, 0.25) is 0 Å². The van der Waals surface area contributed by atoms with Gasteiger partial charge in [-0.2, -0.15) is 0 Å². The van der Waals surface area contributed by atoms with Crippen molar-refractivity contribution in [3.63, 3.8) is 0 Å². The zero-order chi connectivity index (χ0) is 12.4. The second kappa shape index (κ2) is 5.18. The van der Waals surface area contributed by atoms with Crippen molar-refractivity contribution in [1.82, 2.24) is 5.32 Å². The summed E-state index contributed by atoms with van der Waals surface area (Å²) in [6.07, 6.45) is 2.47. The molecule has 1 aromatic rings. The Kier molecular flexibility index (Phi) is 3.82. The van der Waals surface area contributed by atoms with Crippen molar-refractivity contribution in [3.8, 4) is 0 Å². The topological polar surface area (TPSA) is 12.0 Å². The first-order valence-corrected chi connectivity index (χ1v) is 6.56. The molecule has 1 aliphatic carbocycles. The molecule has 1 aliphatic rings. The third-order valence-corrected chi connectivity index (χ3v) is 3.70. The minimum atomic E-state index is -0.0949. The molecule has 2 atom stereocenters. The Morgan fingerprint density at radius 3 is 2.59 bits per heavy atom. The molecule has 0 radical (unpaired) electrons. The van der Waals surface area contributed by atoms with Gasteiger partial charge in [-0.15, -0.1) is 0 Å². The molecule has 17 heavy (non-hydrogen) atoms. The normalized spacial score (nSPS) is 23.8.